The van der Waals surface area contributed by atoms with E-state index in [2.05, 4.69) is 0 Å². The van der Waals surface area contributed by atoms with Crippen LogP contribution in [0, 0.1) is 12.3 Å². The molecule has 6 nitrogen and oxygen atoms in total. The van der Waals surface area contributed by atoms with Gasteiger partial charge in [-0.3, -0.25) is 16.1 Å². The van der Waals surface area contributed by atoms with Crippen molar-refractivity contribution in [2.24, 2.45) is 0 Å². The molecule has 1 aliphatic rings. The minimum Gasteiger partial charge on any atom is -0.491 e. The molecule has 0 amide bonds. The van der Waals surface area contributed by atoms with Gasteiger partial charge in [-0.25, -0.2) is 0 Å². The van der Waals surface area contributed by atoms with Gasteiger partial charge in [0.05, 0.1) is 6.61 Å². The number of benzene rings is 1. The van der Waals surface area contributed by atoms with Crippen LogP contribution in [0.5, 0.6) is 5.75 Å². The highest BCUT2D eigenvalue weighted by molar-refractivity contribution is 5.96. The van der Waals surface area contributed by atoms with E-state index in [4.69, 9.17) is 24.8 Å². The van der Waals surface area contributed by atoms with Crippen LogP contribution in [0.3, 0.4) is 0 Å². The van der Waals surface area contributed by atoms with Gasteiger partial charge in [0, 0.05) is 5.56 Å². The quantitative estimate of drug-likeness (QED) is 0.445. The van der Waals surface area contributed by atoms with Crippen LogP contribution in [0.25, 0.3) is 0 Å². The van der Waals surface area contributed by atoms with Crippen molar-refractivity contribution in [3.63, 3.8) is 0 Å². The first-order valence-corrected chi connectivity index (χ1v) is 6.45. The van der Waals surface area contributed by atoms with Crippen LogP contribution in [0.15, 0.2) is 18.2 Å². The third kappa shape index (κ3) is 3.47. The van der Waals surface area contributed by atoms with Crippen molar-refractivity contribution in [3.8, 4) is 5.75 Å². The predicted octanol–water partition coefficient (Wildman–Crippen LogP) is 1.83. The zero-order valence-electron chi connectivity index (χ0n) is 11.9. The second-order valence-corrected chi connectivity index (χ2v) is 5.23. The van der Waals surface area contributed by atoms with Crippen molar-refractivity contribution < 1.29 is 19.4 Å². The molecule has 0 spiro atoms. The molecule has 0 saturated carbocycles. The number of ether oxygens (including phenoxy) is 3. The number of nitrogens with one attached hydrogen (secondary N) is 2. The summed E-state index contributed by atoms with van der Waals surface area (Å²) in [4.78, 5) is 0. The fourth-order valence-electron chi connectivity index (χ4n) is 2.10. The van der Waals surface area contributed by atoms with E-state index in [0.717, 1.165) is 5.56 Å². The van der Waals surface area contributed by atoms with Gasteiger partial charge in [-0.1, -0.05) is 0 Å². The molecule has 3 N–H and O–H groups in total. The topological polar surface area (TPSA) is 83.8 Å². The van der Waals surface area contributed by atoms with Crippen molar-refractivity contribution in [2.45, 2.75) is 32.7 Å². The summed E-state index contributed by atoms with van der Waals surface area (Å²) in [7, 11) is 0. The molecule has 110 valence electrons. The molecule has 6 heteroatoms. The molecule has 1 atom stereocenters. The van der Waals surface area contributed by atoms with Gasteiger partial charge in [-0.05, 0) is 44.5 Å². The first kappa shape index (κ1) is 14.8. The monoisotopic (exact) mass is 280 g/mol. The summed E-state index contributed by atoms with van der Waals surface area (Å²) in [6.45, 7) is 6.53. The Morgan fingerprint density at radius 2 is 2.30 bits per heavy atom. The van der Waals surface area contributed by atoms with E-state index in [-0.39, 0.29) is 11.9 Å². The average molecular weight is 280 g/mol. The minimum absolute atomic E-state index is 0.0386. The van der Waals surface area contributed by atoms with Crippen LogP contribution in [0.2, 0.25) is 0 Å². The number of aryl methyl sites for hydroxylation is 1. The Morgan fingerprint density at radius 1 is 1.55 bits per heavy atom. The molecule has 1 saturated heterocycles. The maximum atomic E-state index is 8.74. The van der Waals surface area contributed by atoms with Gasteiger partial charge in [0.25, 0.3) is 0 Å². The van der Waals surface area contributed by atoms with Gasteiger partial charge in [-0.2, -0.15) is 0 Å². The zero-order chi connectivity index (χ0) is 14.8. The molecule has 0 bridgehead atoms. The zero-order valence-corrected chi connectivity index (χ0v) is 11.9. The van der Waals surface area contributed by atoms with Crippen LogP contribution >= 0.6 is 0 Å². The Kier molecular flexibility index (Phi) is 4.27. The van der Waals surface area contributed by atoms with E-state index in [1.165, 1.54) is 0 Å². The first-order chi connectivity index (χ1) is 9.41. The van der Waals surface area contributed by atoms with Crippen molar-refractivity contribution >= 4 is 5.84 Å². The lowest BCUT2D eigenvalue weighted by atomic mass is 10.1. The van der Waals surface area contributed by atoms with E-state index in [1.54, 1.807) is 12.1 Å². The number of hydroxylamine groups is 1. The largest absolute Gasteiger partial charge is 0.491 e. The maximum absolute atomic E-state index is 8.74. The predicted molar refractivity (Wildman–Crippen MR) is 73.3 cm³/mol. The number of hydrogen-bond acceptors (Lipinski definition) is 5. The van der Waals surface area contributed by atoms with Gasteiger partial charge < -0.3 is 14.2 Å². The fraction of sp³-hybridized carbons (Fsp3) is 0.500. The van der Waals surface area contributed by atoms with Gasteiger partial charge in [0.2, 0.25) is 0 Å². The van der Waals surface area contributed by atoms with Crippen molar-refractivity contribution in [2.75, 3.05) is 13.2 Å². The molecule has 1 aromatic rings. The Morgan fingerprint density at radius 3 is 2.85 bits per heavy atom. The van der Waals surface area contributed by atoms with Crippen LogP contribution in [-0.2, 0) is 9.47 Å². The SMILES string of the molecule is Cc1cc(OC[C@@H]2COC(C)(C)O2)ccc1C(=N)NO. The van der Waals surface area contributed by atoms with Crippen molar-refractivity contribution in [3.05, 3.63) is 29.3 Å². The van der Waals surface area contributed by atoms with Gasteiger partial charge in [0.1, 0.15) is 24.3 Å². The Labute approximate surface area is 118 Å². The van der Waals surface area contributed by atoms with E-state index < -0.39 is 5.79 Å². The lowest BCUT2D eigenvalue weighted by Gasteiger charge is -2.17. The number of amidine groups is 1. The molecule has 20 heavy (non-hydrogen) atoms. The molecule has 0 radical (unpaired) electrons. The van der Waals surface area contributed by atoms with Crippen LogP contribution in [-0.4, -0.2) is 36.1 Å². The standard InChI is InChI=1S/C14H20N2O4/c1-9-6-10(4-5-12(9)13(15)16-17)18-7-11-8-19-14(2,3)20-11/h4-6,11,17H,7-8H2,1-3H3,(H2,15,16)/t11-/m1/s1. The normalized spacial score (nSPS) is 20.7. The lowest BCUT2D eigenvalue weighted by Crippen LogP contribution is -2.25. The summed E-state index contributed by atoms with van der Waals surface area (Å²) in [5, 5.41) is 16.3. The second kappa shape index (κ2) is 5.78. The molecular formula is C14H20N2O4. The first-order valence-electron chi connectivity index (χ1n) is 6.45. The minimum atomic E-state index is -0.546. The van der Waals surface area contributed by atoms with Crippen LogP contribution in [0.1, 0.15) is 25.0 Å². The Balaban J connectivity index is 1.94. The second-order valence-electron chi connectivity index (χ2n) is 5.23. The summed E-state index contributed by atoms with van der Waals surface area (Å²) in [5.74, 6) is 0.115. The van der Waals surface area contributed by atoms with E-state index in [9.17, 15) is 0 Å². The van der Waals surface area contributed by atoms with Crippen LogP contribution in [0.4, 0.5) is 0 Å². The van der Waals surface area contributed by atoms with Crippen molar-refractivity contribution in [1.82, 2.24) is 5.48 Å². The molecule has 1 aromatic carbocycles. The summed E-state index contributed by atoms with van der Waals surface area (Å²) in [5.41, 5.74) is 3.30. The van der Waals surface area contributed by atoms with Gasteiger partial charge in [-0.15, -0.1) is 0 Å². The van der Waals surface area contributed by atoms with Crippen molar-refractivity contribution in [1.29, 1.82) is 5.41 Å². The molecular weight excluding hydrogens is 260 g/mol. The van der Waals surface area contributed by atoms with E-state index in [1.807, 2.05) is 32.3 Å². The summed E-state index contributed by atoms with van der Waals surface area (Å²) >= 11 is 0. The summed E-state index contributed by atoms with van der Waals surface area (Å²) < 4.78 is 16.8. The molecule has 1 aliphatic heterocycles. The summed E-state index contributed by atoms with van der Waals surface area (Å²) in [6, 6.07) is 5.31. The third-order valence-electron chi connectivity index (χ3n) is 3.08. The smallest absolute Gasteiger partial charge is 0.163 e. The highest BCUT2D eigenvalue weighted by atomic mass is 16.7. The maximum Gasteiger partial charge on any atom is 0.163 e. The van der Waals surface area contributed by atoms with E-state index >= 15 is 0 Å². The molecule has 1 fully saturated rings. The highest BCUT2D eigenvalue weighted by Crippen LogP contribution is 2.23. The fourth-order valence-corrected chi connectivity index (χ4v) is 2.10. The van der Waals surface area contributed by atoms with E-state index in [0.29, 0.717) is 24.5 Å². The Bertz CT molecular complexity index is 502. The molecule has 0 aromatic heterocycles. The molecule has 2 rings (SSSR count). The summed E-state index contributed by atoms with van der Waals surface area (Å²) in [6.07, 6.45) is -0.0811. The average Bonchev–Trinajstić information content (AvgIpc) is 2.75. The molecule has 0 aliphatic carbocycles. The molecule has 0 unspecified atom stereocenters. The number of hydrogen-bond donors (Lipinski definition) is 3. The lowest BCUT2D eigenvalue weighted by molar-refractivity contribution is -0.141. The van der Waals surface area contributed by atoms with Gasteiger partial charge >= 0.3 is 0 Å². The Hall–Kier alpha value is -1.63. The number of rotatable bonds is 4. The van der Waals surface area contributed by atoms with Gasteiger partial charge in [0.15, 0.2) is 5.79 Å². The highest BCUT2D eigenvalue weighted by Gasteiger charge is 2.32. The van der Waals surface area contributed by atoms with Crippen LogP contribution < -0.4 is 10.2 Å². The molecule has 1 heterocycles. The third-order valence-corrected chi connectivity index (χ3v) is 3.08.